The van der Waals surface area contributed by atoms with Crippen LogP contribution in [-0.2, 0) is 0 Å². The Morgan fingerprint density at radius 3 is 2.42 bits per heavy atom. The molecular formula is C16H16FNO. The van der Waals surface area contributed by atoms with Crippen LogP contribution in [0.15, 0.2) is 48.5 Å². The summed E-state index contributed by atoms with van der Waals surface area (Å²) in [6, 6.07) is 14.0. The summed E-state index contributed by atoms with van der Waals surface area (Å²) in [5.74, 6) is -0.539. The van der Waals surface area contributed by atoms with Crippen LogP contribution < -0.4 is 4.90 Å². The Morgan fingerprint density at radius 2 is 1.84 bits per heavy atom. The molecule has 2 rings (SSSR count). The lowest BCUT2D eigenvalue weighted by atomic mass is 10.1. The highest BCUT2D eigenvalue weighted by molar-refractivity contribution is 6.06. The maximum absolute atomic E-state index is 13.5. The van der Waals surface area contributed by atoms with Crippen LogP contribution in [0.2, 0.25) is 0 Å². The van der Waals surface area contributed by atoms with Gasteiger partial charge in [0.2, 0.25) is 0 Å². The monoisotopic (exact) mass is 257 g/mol. The highest BCUT2D eigenvalue weighted by Gasteiger charge is 2.16. The van der Waals surface area contributed by atoms with Gasteiger partial charge in [-0.2, -0.15) is 0 Å². The van der Waals surface area contributed by atoms with E-state index in [1.165, 1.54) is 6.07 Å². The van der Waals surface area contributed by atoms with Crippen LogP contribution in [0.5, 0.6) is 0 Å². The van der Waals surface area contributed by atoms with Gasteiger partial charge in [-0.25, -0.2) is 4.39 Å². The number of benzene rings is 2. The van der Waals surface area contributed by atoms with Gasteiger partial charge in [-0.15, -0.1) is 0 Å². The number of halogens is 1. The van der Waals surface area contributed by atoms with Gasteiger partial charge in [-0.3, -0.25) is 4.79 Å². The third-order valence-electron chi connectivity index (χ3n) is 3.05. The average Bonchev–Trinajstić information content (AvgIpc) is 2.44. The lowest BCUT2D eigenvalue weighted by Crippen LogP contribution is -2.30. The van der Waals surface area contributed by atoms with E-state index in [1.807, 2.05) is 37.3 Å². The molecule has 0 unspecified atom stereocenters. The number of nitrogens with zero attached hydrogens (tertiary/aromatic N) is 1. The third-order valence-corrected chi connectivity index (χ3v) is 3.05. The summed E-state index contributed by atoms with van der Waals surface area (Å²) >= 11 is 0. The van der Waals surface area contributed by atoms with E-state index in [-0.39, 0.29) is 11.7 Å². The first-order valence-electron chi connectivity index (χ1n) is 6.26. The number of carbonyl (C=O) groups excluding carboxylic acids is 1. The van der Waals surface area contributed by atoms with Gasteiger partial charge in [0.15, 0.2) is 0 Å². The largest absolute Gasteiger partial charge is 0.309 e. The summed E-state index contributed by atoms with van der Waals surface area (Å²) in [5, 5.41) is 0. The average molecular weight is 257 g/mol. The molecule has 0 spiro atoms. The summed E-state index contributed by atoms with van der Waals surface area (Å²) in [7, 11) is 0. The SMILES string of the molecule is CCN(C(=O)c1ccc(C)c(F)c1)c1ccccc1. The lowest BCUT2D eigenvalue weighted by molar-refractivity contribution is 0.0988. The van der Waals surface area contributed by atoms with Crippen molar-refractivity contribution in [2.75, 3.05) is 11.4 Å². The molecule has 19 heavy (non-hydrogen) atoms. The van der Waals surface area contributed by atoms with E-state index < -0.39 is 0 Å². The number of aryl methyl sites for hydroxylation is 1. The van der Waals surface area contributed by atoms with E-state index in [1.54, 1.807) is 24.0 Å². The minimum absolute atomic E-state index is 0.187. The molecule has 0 aliphatic rings. The first-order valence-corrected chi connectivity index (χ1v) is 6.26. The van der Waals surface area contributed by atoms with E-state index in [4.69, 9.17) is 0 Å². The van der Waals surface area contributed by atoms with E-state index in [9.17, 15) is 9.18 Å². The van der Waals surface area contributed by atoms with Crippen LogP contribution in [0.3, 0.4) is 0 Å². The maximum atomic E-state index is 13.5. The Hall–Kier alpha value is -2.16. The Bertz CT molecular complexity index is 581. The first-order chi connectivity index (χ1) is 9.13. The van der Waals surface area contributed by atoms with Gasteiger partial charge in [0, 0.05) is 17.8 Å². The van der Waals surface area contributed by atoms with Gasteiger partial charge >= 0.3 is 0 Å². The molecule has 0 radical (unpaired) electrons. The van der Waals surface area contributed by atoms with Crippen molar-refractivity contribution >= 4 is 11.6 Å². The van der Waals surface area contributed by atoms with Crippen molar-refractivity contribution < 1.29 is 9.18 Å². The van der Waals surface area contributed by atoms with Gasteiger partial charge in [-0.1, -0.05) is 24.3 Å². The number of para-hydroxylation sites is 1. The number of amides is 1. The van der Waals surface area contributed by atoms with Gasteiger partial charge < -0.3 is 4.90 Å². The predicted octanol–water partition coefficient (Wildman–Crippen LogP) is 3.80. The molecule has 2 nitrogen and oxygen atoms in total. The number of hydrogen-bond acceptors (Lipinski definition) is 1. The highest BCUT2D eigenvalue weighted by Crippen LogP contribution is 2.18. The second-order valence-corrected chi connectivity index (χ2v) is 4.35. The first kappa shape index (κ1) is 13.3. The standard InChI is InChI=1S/C16H16FNO/c1-3-18(14-7-5-4-6-8-14)16(19)13-10-9-12(2)15(17)11-13/h4-11H,3H2,1-2H3. The molecule has 0 N–H and O–H groups in total. The van der Waals surface area contributed by atoms with Gasteiger partial charge in [0.1, 0.15) is 5.82 Å². The summed E-state index contributed by atoms with van der Waals surface area (Å²) in [6.07, 6.45) is 0. The molecule has 0 fully saturated rings. The van der Waals surface area contributed by atoms with Crippen molar-refractivity contribution in [2.24, 2.45) is 0 Å². The quantitative estimate of drug-likeness (QED) is 0.819. The Morgan fingerprint density at radius 1 is 1.16 bits per heavy atom. The molecule has 0 aliphatic carbocycles. The topological polar surface area (TPSA) is 20.3 Å². The highest BCUT2D eigenvalue weighted by atomic mass is 19.1. The zero-order chi connectivity index (χ0) is 13.8. The van der Waals surface area contributed by atoms with Crippen LogP contribution in [0, 0.1) is 12.7 Å². The predicted molar refractivity (Wildman–Crippen MR) is 74.9 cm³/mol. The second-order valence-electron chi connectivity index (χ2n) is 4.35. The molecule has 3 heteroatoms. The molecule has 2 aromatic rings. The van der Waals surface area contributed by atoms with E-state index >= 15 is 0 Å². The Balaban J connectivity index is 2.33. The summed E-state index contributed by atoms with van der Waals surface area (Å²) in [5.41, 5.74) is 1.73. The van der Waals surface area contributed by atoms with Crippen LogP contribution >= 0.6 is 0 Å². The summed E-state index contributed by atoms with van der Waals surface area (Å²) < 4.78 is 13.5. The van der Waals surface area contributed by atoms with Crippen molar-refractivity contribution in [3.63, 3.8) is 0 Å². The van der Waals surface area contributed by atoms with Crippen LogP contribution in [0.1, 0.15) is 22.8 Å². The number of rotatable bonds is 3. The fraction of sp³-hybridized carbons (Fsp3) is 0.188. The van der Waals surface area contributed by atoms with Crippen LogP contribution in [0.25, 0.3) is 0 Å². The molecule has 0 bridgehead atoms. The van der Waals surface area contributed by atoms with E-state index in [2.05, 4.69) is 0 Å². The zero-order valence-electron chi connectivity index (χ0n) is 11.1. The van der Waals surface area contributed by atoms with Crippen molar-refractivity contribution in [1.82, 2.24) is 0 Å². The van der Waals surface area contributed by atoms with Crippen molar-refractivity contribution in [3.8, 4) is 0 Å². The molecule has 0 saturated heterocycles. The molecule has 0 atom stereocenters. The second kappa shape index (κ2) is 5.65. The molecule has 0 heterocycles. The Labute approximate surface area is 112 Å². The number of anilines is 1. The van der Waals surface area contributed by atoms with Crippen molar-refractivity contribution in [1.29, 1.82) is 0 Å². The normalized spacial score (nSPS) is 10.3. The molecule has 0 saturated carbocycles. The lowest BCUT2D eigenvalue weighted by Gasteiger charge is -2.21. The molecule has 2 aromatic carbocycles. The number of hydrogen-bond donors (Lipinski definition) is 0. The van der Waals surface area contributed by atoms with Crippen LogP contribution in [-0.4, -0.2) is 12.5 Å². The smallest absolute Gasteiger partial charge is 0.258 e. The summed E-state index contributed by atoms with van der Waals surface area (Å²) in [4.78, 5) is 14.0. The van der Waals surface area contributed by atoms with E-state index in [0.717, 1.165) is 5.69 Å². The van der Waals surface area contributed by atoms with Crippen molar-refractivity contribution in [2.45, 2.75) is 13.8 Å². The molecule has 0 aromatic heterocycles. The molecular weight excluding hydrogens is 241 g/mol. The van der Waals surface area contributed by atoms with Crippen molar-refractivity contribution in [3.05, 3.63) is 65.5 Å². The minimum atomic E-state index is -0.352. The van der Waals surface area contributed by atoms with Crippen LogP contribution in [0.4, 0.5) is 10.1 Å². The third kappa shape index (κ3) is 2.81. The summed E-state index contributed by atoms with van der Waals surface area (Å²) in [6.45, 7) is 4.12. The maximum Gasteiger partial charge on any atom is 0.258 e. The molecule has 1 amide bonds. The minimum Gasteiger partial charge on any atom is -0.309 e. The Kier molecular flexibility index (Phi) is 3.95. The van der Waals surface area contributed by atoms with Gasteiger partial charge in [0.25, 0.3) is 5.91 Å². The fourth-order valence-corrected chi connectivity index (χ4v) is 1.93. The molecule has 98 valence electrons. The fourth-order valence-electron chi connectivity index (χ4n) is 1.93. The zero-order valence-corrected chi connectivity index (χ0v) is 11.1. The van der Waals surface area contributed by atoms with Gasteiger partial charge in [0.05, 0.1) is 0 Å². The van der Waals surface area contributed by atoms with Gasteiger partial charge in [-0.05, 0) is 43.7 Å². The van der Waals surface area contributed by atoms with E-state index in [0.29, 0.717) is 17.7 Å². The molecule has 0 aliphatic heterocycles. The number of carbonyl (C=O) groups is 1.